The molecule has 3 amide bonds. The van der Waals surface area contributed by atoms with Crippen molar-refractivity contribution in [2.75, 3.05) is 26.2 Å². The highest BCUT2D eigenvalue weighted by Crippen LogP contribution is 2.12. The van der Waals surface area contributed by atoms with Crippen LogP contribution in [0.25, 0.3) is 0 Å². The molecule has 0 spiro atoms. The third-order valence-electron chi connectivity index (χ3n) is 3.33. The molecule has 0 aromatic heterocycles. The van der Waals surface area contributed by atoms with E-state index < -0.39 is 17.9 Å². The van der Waals surface area contributed by atoms with Crippen LogP contribution in [-0.2, 0) is 14.4 Å². The van der Waals surface area contributed by atoms with Gasteiger partial charge in [-0.1, -0.05) is 6.42 Å². The van der Waals surface area contributed by atoms with Gasteiger partial charge in [-0.15, -0.1) is 5.06 Å². The lowest BCUT2D eigenvalue weighted by Crippen LogP contribution is -2.41. The van der Waals surface area contributed by atoms with Crippen molar-refractivity contribution in [3.8, 4) is 0 Å². The van der Waals surface area contributed by atoms with Crippen LogP contribution in [0.1, 0.15) is 32.1 Å². The van der Waals surface area contributed by atoms with Gasteiger partial charge in [0.15, 0.2) is 0 Å². The number of likely N-dealkylation sites (tertiary alicyclic amines) is 1. The van der Waals surface area contributed by atoms with Crippen LogP contribution in [0.4, 0.5) is 4.79 Å². The molecule has 0 unspecified atom stereocenters. The average Bonchev–Trinajstić information content (AvgIpc) is 2.72. The van der Waals surface area contributed by atoms with Crippen LogP contribution in [0.3, 0.4) is 0 Å². The van der Waals surface area contributed by atoms with Crippen molar-refractivity contribution in [3.05, 3.63) is 0 Å². The molecule has 106 valence electrons. The highest BCUT2D eigenvalue weighted by atomic mass is 16.7. The second-order valence-corrected chi connectivity index (χ2v) is 4.79. The van der Waals surface area contributed by atoms with Gasteiger partial charge in [-0.25, -0.2) is 4.79 Å². The van der Waals surface area contributed by atoms with Crippen molar-refractivity contribution in [1.29, 1.82) is 0 Å². The highest BCUT2D eigenvalue weighted by molar-refractivity contribution is 6.01. The summed E-state index contributed by atoms with van der Waals surface area (Å²) in [6.45, 7) is 3.33. The third kappa shape index (κ3) is 3.92. The molecule has 0 aliphatic carbocycles. The van der Waals surface area contributed by atoms with Gasteiger partial charge in [-0.2, -0.15) is 0 Å². The zero-order chi connectivity index (χ0) is 13.7. The predicted octanol–water partition coefficient (Wildman–Crippen LogP) is 0.262. The van der Waals surface area contributed by atoms with E-state index in [-0.39, 0.29) is 12.8 Å². The fraction of sp³-hybridized carbons (Fsp3) is 0.750. The minimum absolute atomic E-state index is 0.111. The smallest absolute Gasteiger partial charge is 0.318 e. The highest BCUT2D eigenvalue weighted by Gasteiger charge is 2.32. The van der Waals surface area contributed by atoms with Crippen LogP contribution in [0, 0.1) is 0 Å². The quantitative estimate of drug-likeness (QED) is 0.741. The SMILES string of the molecule is O=C(NCCN1CCCCC1)ON1C(=O)CCC1=O. The van der Waals surface area contributed by atoms with E-state index in [1.807, 2.05) is 0 Å². The number of piperidine rings is 1. The van der Waals surface area contributed by atoms with Gasteiger partial charge in [0, 0.05) is 25.9 Å². The maximum Gasteiger partial charge on any atom is 0.432 e. The molecule has 19 heavy (non-hydrogen) atoms. The molecule has 0 bridgehead atoms. The number of nitrogens with zero attached hydrogens (tertiary/aromatic N) is 2. The topological polar surface area (TPSA) is 79.0 Å². The van der Waals surface area contributed by atoms with Crippen LogP contribution >= 0.6 is 0 Å². The Balaban J connectivity index is 1.64. The second-order valence-electron chi connectivity index (χ2n) is 4.79. The van der Waals surface area contributed by atoms with Gasteiger partial charge in [0.1, 0.15) is 0 Å². The van der Waals surface area contributed by atoms with E-state index in [2.05, 4.69) is 10.2 Å². The number of carbonyl (C=O) groups is 3. The number of imide groups is 1. The average molecular weight is 269 g/mol. The van der Waals surface area contributed by atoms with E-state index in [0.717, 1.165) is 19.6 Å². The zero-order valence-corrected chi connectivity index (χ0v) is 10.9. The van der Waals surface area contributed by atoms with Crippen molar-refractivity contribution in [3.63, 3.8) is 0 Å². The number of rotatable bonds is 4. The molecule has 0 aromatic carbocycles. The molecule has 0 saturated carbocycles. The number of hydrogen-bond acceptors (Lipinski definition) is 5. The summed E-state index contributed by atoms with van der Waals surface area (Å²) in [5, 5.41) is 3.10. The third-order valence-corrected chi connectivity index (χ3v) is 3.33. The van der Waals surface area contributed by atoms with Gasteiger partial charge < -0.3 is 15.1 Å². The molecule has 0 aromatic rings. The summed E-state index contributed by atoms with van der Waals surface area (Å²) in [5.74, 6) is -0.924. The summed E-state index contributed by atoms with van der Waals surface area (Å²) >= 11 is 0. The maximum absolute atomic E-state index is 11.4. The summed E-state index contributed by atoms with van der Waals surface area (Å²) in [6.07, 6.45) is 3.13. The first kappa shape index (κ1) is 13.8. The summed E-state index contributed by atoms with van der Waals surface area (Å²) in [7, 11) is 0. The van der Waals surface area contributed by atoms with Crippen LogP contribution in [-0.4, -0.2) is 54.0 Å². The Hall–Kier alpha value is -1.63. The van der Waals surface area contributed by atoms with Gasteiger partial charge in [0.2, 0.25) is 0 Å². The first-order valence-electron chi connectivity index (χ1n) is 6.71. The Morgan fingerprint density at radius 2 is 1.74 bits per heavy atom. The van der Waals surface area contributed by atoms with E-state index in [1.54, 1.807) is 0 Å². The molecule has 2 heterocycles. The molecule has 7 heteroatoms. The van der Waals surface area contributed by atoms with E-state index in [1.165, 1.54) is 19.3 Å². The number of nitrogens with one attached hydrogen (secondary N) is 1. The Kier molecular flexibility index (Phi) is 4.73. The van der Waals surface area contributed by atoms with Crippen molar-refractivity contribution in [1.82, 2.24) is 15.3 Å². The Bertz CT molecular complexity index is 350. The molecule has 1 N–H and O–H groups in total. The number of hydroxylamine groups is 2. The van der Waals surface area contributed by atoms with Gasteiger partial charge in [0.25, 0.3) is 11.8 Å². The second kappa shape index (κ2) is 6.51. The number of hydrogen-bond donors (Lipinski definition) is 1. The van der Waals surface area contributed by atoms with Gasteiger partial charge in [-0.05, 0) is 25.9 Å². The largest absolute Gasteiger partial charge is 0.432 e. The number of amides is 3. The van der Waals surface area contributed by atoms with E-state index in [0.29, 0.717) is 11.6 Å². The van der Waals surface area contributed by atoms with Gasteiger partial charge in [-0.3, -0.25) is 9.59 Å². The van der Waals surface area contributed by atoms with E-state index in [4.69, 9.17) is 4.84 Å². The molecule has 2 fully saturated rings. The lowest BCUT2D eigenvalue weighted by atomic mass is 10.1. The Labute approximate surface area is 111 Å². The molecule has 2 saturated heterocycles. The molecule has 0 radical (unpaired) electrons. The molecule has 2 aliphatic rings. The molecule has 2 aliphatic heterocycles. The lowest BCUT2D eigenvalue weighted by molar-refractivity contribution is -0.171. The van der Waals surface area contributed by atoms with Crippen molar-refractivity contribution >= 4 is 17.9 Å². The van der Waals surface area contributed by atoms with E-state index >= 15 is 0 Å². The maximum atomic E-state index is 11.4. The zero-order valence-electron chi connectivity index (χ0n) is 10.9. The molecular formula is C12H19N3O4. The number of carbonyl (C=O) groups excluding carboxylic acids is 3. The minimum atomic E-state index is -0.749. The summed E-state index contributed by atoms with van der Waals surface area (Å²) in [6, 6.07) is 0. The fourth-order valence-electron chi connectivity index (χ4n) is 2.27. The summed E-state index contributed by atoms with van der Waals surface area (Å²) < 4.78 is 0. The van der Waals surface area contributed by atoms with Crippen LogP contribution in [0.5, 0.6) is 0 Å². The van der Waals surface area contributed by atoms with Crippen LogP contribution in [0.15, 0.2) is 0 Å². The monoisotopic (exact) mass is 269 g/mol. The van der Waals surface area contributed by atoms with Crippen molar-refractivity contribution in [2.24, 2.45) is 0 Å². The molecular weight excluding hydrogens is 250 g/mol. The van der Waals surface area contributed by atoms with Crippen molar-refractivity contribution in [2.45, 2.75) is 32.1 Å². The minimum Gasteiger partial charge on any atom is -0.318 e. The predicted molar refractivity (Wildman–Crippen MR) is 65.9 cm³/mol. The Morgan fingerprint density at radius 3 is 2.37 bits per heavy atom. The van der Waals surface area contributed by atoms with Crippen LogP contribution in [0.2, 0.25) is 0 Å². The Morgan fingerprint density at radius 1 is 1.11 bits per heavy atom. The van der Waals surface area contributed by atoms with Gasteiger partial charge in [0.05, 0.1) is 0 Å². The summed E-state index contributed by atoms with van der Waals surface area (Å²) in [4.78, 5) is 40.9. The fourth-order valence-corrected chi connectivity index (χ4v) is 2.27. The van der Waals surface area contributed by atoms with Gasteiger partial charge >= 0.3 is 6.09 Å². The van der Waals surface area contributed by atoms with Crippen molar-refractivity contribution < 1.29 is 19.2 Å². The molecule has 0 atom stereocenters. The first-order chi connectivity index (χ1) is 9.16. The van der Waals surface area contributed by atoms with E-state index in [9.17, 15) is 14.4 Å². The molecule has 7 nitrogen and oxygen atoms in total. The standard InChI is InChI=1S/C12H19N3O4/c16-10-4-5-11(17)15(10)19-12(18)13-6-9-14-7-2-1-3-8-14/h1-9H2,(H,13,18). The van der Waals surface area contributed by atoms with Crippen LogP contribution < -0.4 is 5.32 Å². The normalized spacial score (nSPS) is 20.7. The lowest BCUT2D eigenvalue weighted by Gasteiger charge is -2.26. The summed E-state index contributed by atoms with van der Waals surface area (Å²) in [5.41, 5.74) is 0. The first-order valence-corrected chi connectivity index (χ1v) is 6.71. The molecule has 2 rings (SSSR count).